The molecule has 1 fully saturated rings. The first-order valence-electron chi connectivity index (χ1n) is 17.1. The molecule has 2 N–H and O–H groups in total. The van der Waals surface area contributed by atoms with Crippen molar-refractivity contribution in [3.05, 3.63) is 17.1 Å². The highest BCUT2D eigenvalue weighted by molar-refractivity contribution is 8.14. The number of nitrogens with one attached hydrogen (secondary N) is 2. The molecule has 1 aliphatic heterocycles. The number of aryl methyl sites for hydroxylation is 1. The zero-order valence-electron chi connectivity index (χ0n) is 26.5. The normalized spacial score (nSPS) is 16.8. The molecule has 1 aliphatic rings. The Balaban J connectivity index is 1.40. The van der Waals surface area contributed by atoms with Gasteiger partial charge in [0.2, 0.25) is 5.51 Å². The number of nitrogens with zero attached hydrogens (tertiary/aromatic N) is 1. The Kier molecular flexibility index (Phi) is 22.9. The molecule has 0 saturated carbocycles. The van der Waals surface area contributed by atoms with Crippen LogP contribution >= 0.6 is 23.1 Å². The van der Waals surface area contributed by atoms with Gasteiger partial charge < -0.3 is 20.1 Å². The first-order valence-corrected chi connectivity index (χ1v) is 18.9. The summed E-state index contributed by atoms with van der Waals surface area (Å²) < 4.78 is 13.5. The van der Waals surface area contributed by atoms with Crippen LogP contribution in [-0.2, 0) is 16.0 Å². The highest BCUT2D eigenvalue weighted by Gasteiger charge is 2.30. The summed E-state index contributed by atoms with van der Waals surface area (Å²) in [4.78, 5) is 24.7. The van der Waals surface area contributed by atoms with Crippen LogP contribution in [0.2, 0.25) is 0 Å². The summed E-state index contributed by atoms with van der Waals surface area (Å²) >= 11 is 3.00. The van der Waals surface area contributed by atoms with Gasteiger partial charge in [-0.1, -0.05) is 120 Å². The first kappa shape index (κ1) is 36.9. The van der Waals surface area contributed by atoms with E-state index in [0.717, 1.165) is 51.6 Å². The summed E-state index contributed by atoms with van der Waals surface area (Å²) in [5, 5.41) is 8.00. The predicted octanol–water partition coefficient (Wildman–Crippen LogP) is 8.79. The molecule has 0 bridgehead atoms. The fraction of sp³-hybridized carbons (Fsp3) is 0.848. The second-order valence-corrected chi connectivity index (χ2v) is 13.7. The maximum absolute atomic E-state index is 12.5. The number of hydrogen-bond donors (Lipinski definition) is 2. The zero-order valence-corrected chi connectivity index (χ0v) is 28.1. The number of alkyl carbamates (subject to hydrolysis) is 1. The zero-order chi connectivity index (χ0) is 29.9. The van der Waals surface area contributed by atoms with Crippen LogP contribution in [-0.4, -0.2) is 49.0 Å². The van der Waals surface area contributed by atoms with Crippen molar-refractivity contribution in [3.8, 4) is 0 Å². The molecule has 242 valence electrons. The van der Waals surface area contributed by atoms with E-state index in [0.29, 0.717) is 13.2 Å². The second kappa shape index (κ2) is 26.1. The smallest absolute Gasteiger partial charge is 0.407 e. The molecule has 1 aromatic rings. The number of ether oxygens (including phenoxy) is 2. The van der Waals surface area contributed by atoms with Crippen molar-refractivity contribution < 1.29 is 23.6 Å². The van der Waals surface area contributed by atoms with Crippen molar-refractivity contribution in [2.75, 3.05) is 26.3 Å². The van der Waals surface area contributed by atoms with Gasteiger partial charge in [0.15, 0.2) is 6.20 Å². The third-order valence-corrected chi connectivity index (χ3v) is 9.83. The number of amides is 2. The third-order valence-electron chi connectivity index (χ3n) is 7.96. The number of hydrogen-bond acceptors (Lipinski definition) is 6. The molecule has 0 unspecified atom stereocenters. The van der Waals surface area contributed by atoms with E-state index in [1.165, 1.54) is 102 Å². The lowest BCUT2D eigenvalue weighted by atomic mass is 10.0. The highest BCUT2D eigenvalue weighted by atomic mass is 32.2. The molecule has 2 heterocycles. The number of thioether (sulfide) groups is 1. The summed E-state index contributed by atoms with van der Waals surface area (Å²) in [5.41, 5.74) is 2.11. The molecule has 7 nitrogen and oxygen atoms in total. The Hall–Kier alpha value is -1.32. The third kappa shape index (κ3) is 19.8. The Labute approximate surface area is 264 Å². The number of rotatable bonds is 25. The minimum Gasteiger partial charge on any atom is -0.447 e. The van der Waals surface area contributed by atoms with Gasteiger partial charge in [-0.25, -0.2) is 4.79 Å². The maximum Gasteiger partial charge on any atom is 0.407 e. The lowest BCUT2D eigenvalue weighted by Gasteiger charge is -2.30. The van der Waals surface area contributed by atoms with E-state index in [9.17, 15) is 9.59 Å². The molecule has 42 heavy (non-hydrogen) atoms. The number of thiazole rings is 1. The van der Waals surface area contributed by atoms with Crippen molar-refractivity contribution in [1.29, 1.82) is 0 Å². The fourth-order valence-corrected chi connectivity index (χ4v) is 7.04. The van der Waals surface area contributed by atoms with Crippen LogP contribution < -0.4 is 15.2 Å². The summed E-state index contributed by atoms with van der Waals surface area (Å²) in [7, 11) is 0. The Morgan fingerprint density at radius 1 is 0.857 bits per heavy atom. The molecule has 9 heteroatoms. The molecule has 2 amide bonds. The van der Waals surface area contributed by atoms with Crippen LogP contribution in [0.4, 0.5) is 9.59 Å². The van der Waals surface area contributed by atoms with Crippen LogP contribution in [0.1, 0.15) is 135 Å². The largest absolute Gasteiger partial charge is 0.447 e. The predicted molar refractivity (Wildman–Crippen MR) is 176 cm³/mol. The fourth-order valence-electron chi connectivity index (χ4n) is 5.35. The van der Waals surface area contributed by atoms with Crippen LogP contribution in [0.3, 0.4) is 0 Å². The van der Waals surface area contributed by atoms with E-state index in [-0.39, 0.29) is 23.2 Å². The number of unbranched alkanes of at least 4 members (excludes halogenated alkanes) is 16. The summed E-state index contributed by atoms with van der Waals surface area (Å²) in [6, 6.07) is 0. The topological polar surface area (TPSA) is 80.5 Å². The molecule has 1 aromatic heterocycles. The van der Waals surface area contributed by atoms with Crippen molar-refractivity contribution in [2.45, 2.75) is 153 Å². The van der Waals surface area contributed by atoms with Crippen molar-refractivity contribution >= 4 is 34.4 Å². The summed E-state index contributed by atoms with van der Waals surface area (Å²) in [5.74, 6) is 0. The first-order chi connectivity index (χ1) is 20.7. The number of carbonyl (C=O) groups is 2. The lowest BCUT2D eigenvalue weighted by molar-refractivity contribution is -0.692. The quantitative estimate of drug-likeness (QED) is 0.0838. The average Bonchev–Trinajstić information content (AvgIpc) is 3.52. The van der Waals surface area contributed by atoms with Crippen molar-refractivity contribution in [2.24, 2.45) is 0 Å². The van der Waals surface area contributed by atoms with E-state index in [1.54, 1.807) is 11.3 Å². The molecule has 0 spiro atoms. The standard InChI is InChI=1S/C33H59N3O4S2/c1-2-3-4-5-6-7-8-9-10-11-12-13-14-15-17-23-35-33(38)42-31-21-20-26-39-30(31)28-40-32(37)34-22-18-16-19-24-36-25-27-41-29-36/h25,27,29-31H,2-24,26,28H2,1H3,(H-,34,35,37,38)/p+1/t30-,31-/m0/s1. The van der Waals surface area contributed by atoms with E-state index in [1.807, 2.05) is 0 Å². The van der Waals surface area contributed by atoms with Gasteiger partial charge in [0, 0.05) is 31.4 Å². The Bertz CT molecular complexity index is 781. The highest BCUT2D eigenvalue weighted by Crippen LogP contribution is 2.27. The van der Waals surface area contributed by atoms with Gasteiger partial charge in [-0.05, 0) is 32.1 Å². The van der Waals surface area contributed by atoms with Gasteiger partial charge in [0.1, 0.15) is 19.3 Å². The van der Waals surface area contributed by atoms with Crippen molar-refractivity contribution in [3.63, 3.8) is 0 Å². The Morgan fingerprint density at radius 3 is 2.07 bits per heavy atom. The van der Waals surface area contributed by atoms with Crippen LogP contribution in [0.5, 0.6) is 0 Å². The van der Waals surface area contributed by atoms with Crippen molar-refractivity contribution in [1.82, 2.24) is 10.6 Å². The Morgan fingerprint density at radius 2 is 1.45 bits per heavy atom. The van der Waals surface area contributed by atoms with Gasteiger partial charge in [-0.3, -0.25) is 4.79 Å². The van der Waals surface area contributed by atoms with E-state index >= 15 is 0 Å². The lowest BCUT2D eigenvalue weighted by Crippen LogP contribution is -2.39. The molecule has 2 atom stereocenters. The van der Waals surface area contributed by atoms with Crippen LogP contribution in [0.25, 0.3) is 0 Å². The number of carbonyl (C=O) groups excluding carboxylic acids is 2. The molecule has 0 aliphatic carbocycles. The van der Waals surface area contributed by atoms with E-state index in [4.69, 9.17) is 9.47 Å². The summed E-state index contributed by atoms with van der Waals surface area (Å²) in [6.07, 6.45) is 26.5. The average molecular weight is 627 g/mol. The monoisotopic (exact) mass is 626 g/mol. The molecular weight excluding hydrogens is 567 g/mol. The van der Waals surface area contributed by atoms with E-state index in [2.05, 4.69) is 39.2 Å². The van der Waals surface area contributed by atoms with Gasteiger partial charge in [0.05, 0.1) is 5.38 Å². The van der Waals surface area contributed by atoms with Crippen LogP contribution in [0.15, 0.2) is 17.1 Å². The van der Waals surface area contributed by atoms with Gasteiger partial charge in [0.25, 0.3) is 5.24 Å². The van der Waals surface area contributed by atoms with Gasteiger partial charge >= 0.3 is 6.09 Å². The molecular formula is C33H60N3O4S2+. The minimum absolute atomic E-state index is 0.00549. The van der Waals surface area contributed by atoms with Crippen LogP contribution in [0, 0.1) is 0 Å². The SMILES string of the molecule is CCCCCCCCCCCCCCCCCNC(=O)S[C@H]1CCCO[C@H]1COC(=O)NCCCCC[n+]1ccsc1. The van der Waals surface area contributed by atoms with Gasteiger partial charge in [-0.2, -0.15) is 4.57 Å². The summed E-state index contributed by atoms with van der Waals surface area (Å²) in [6.45, 7) is 5.46. The maximum atomic E-state index is 12.5. The number of aromatic nitrogens is 1. The molecule has 2 rings (SSSR count). The van der Waals surface area contributed by atoms with E-state index < -0.39 is 6.09 Å². The minimum atomic E-state index is -0.405. The molecule has 0 aromatic carbocycles. The second-order valence-electron chi connectivity index (χ2n) is 11.7. The van der Waals surface area contributed by atoms with Gasteiger partial charge in [-0.15, -0.1) is 0 Å². The molecule has 0 radical (unpaired) electrons. The molecule has 1 saturated heterocycles.